The lowest BCUT2D eigenvalue weighted by atomic mass is 9.77. The van der Waals surface area contributed by atoms with Crippen LogP contribution in [0.1, 0.15) is 64.4 Å². The summed E-state index contributed by atoms with van der Waals surface area (Å²) in [6.45, 7) is 5.01. The zero-order valence-electron chi connectivity index (χ0n) is 22.2. The largest absolute Gasteiger partial charge is 0.383 e. The second-order valence-corrected chi connectivity index (χ2v) is 10.5. The SMILES string of the molecule is COCCNC(=O)c1ccc2c(c1C)=CN(CC1CCCC(C(=O)c3ccc(C(C)(F)F)cc3F)C1)CC=2. The fraction of sp³-hybridized carbons (Fsp3) is 0.467. The number of rotatable bonds is 9. The molecule has 204 valence electrons. The number of benzene rings is 2. The third-order valence-electron chi connectivity index (χ3n) is 7.63. The smallest absolute Gasteiger partial charge is 0.270 e. The van der Waals surface area contributed by atoms with Gasteiger partial charge in [0.05, 0.1) is 12.2 Å². The molecule has 38 heavy (non-hydrogen) atoms. The predicted octanol–water partition coefficient (Wildman–Crippen LogP) is 4.15. The van der Waals surface area contributed by atoms with E-state index in [1.54, 1.807) is 7.11 Å². The van der Waals surface area contributed by atoms with Crippen LogP contribution in [-0.2, 0) is 10.7 Å². The maximum atomic E-state index is 14.6. The van der Waals surface area contributed by atoms with Crippen molar-refractivity contribution in [3.63, 3.8) is 0 Å². The Morgan fingerprint density at radius 2 is 1.92 bits per heavy atom. The first-order valence-electron chi connectivity index (χ1n) is 13.1. The van der Waals surface area contributed by atoms with Gasteiger partial charge in [0, 0.05) is 62.1 Å². The van der Waals surface area contributed by atoms with E-state index in [1.807, 2.05) is 19.1 Å². The van der Waals surface area contributed by atoms with Gasteiger partial charge in [0.2, 0.25) is 0 Å². The quantitative estimate of drug-likeness (QED) is 0.393. The molecule has 0 radical (unpaired) electrons. The molecule has 5 nitrogen and oxygen atoms in total. The summed E-state index contributed by atoms with van der Waals surface area (Å²) in [5, 5.41) is 4.96. The molecule has 1 aliphatic heterocycles. The molecule has 1 fully saturated rings. The van der Waals surface area contributed by atoms with Crippen LogP contribution in [-0.4, -0.2) is 49.9 Å². The van der Waals surface area contributed by atoms with Crippen molar-refractivity contribution in [2.75, 3.05) is 33.4 Å². The normalized spacial score (nSPS) is 19.3. The number of carbonyl (C=O) groups excluding carboxylic acids is 2. The molecule has 1 saturated carbocycles. The molecular weight excluding hydrogens is 493 g/mol. The third kappa shape index (κ3) is 6.29. The van der Waals surface area contributed by atoms with Crippen LogP contribution < -0.4 is 15.8 Å². The molecular formula is C30H35F3N2O3. The second kappa shape index (κ2) is 11.7. The van der Waals surface area contributed by atoms with Crippen molar-refractivity contribution in [1.29, 1.82) is 0 Å². The number of halogens is 3. The van der Waals surface area contributed by atoms with Crippen LogP contribution in [0.3, 0.4) is 0 Å². The standard InChI is InChI=1S/C30H35F3N2O3/c1-19-24(29(37)34-12-14-38-3)9-7-21-11-13-35(18-26(19)21)17-20-5-4-6-22(15-20)28(36)25-10-8-23(16-27(25)31)30(2,32)33/h7-11,16,18,20,22H,4-6,12-15,17H2,1-3H3,(H,34,37). The summed E-state index contributed by atoms with van der Waals surface area (Å²) in [4.78, 5) is 28.0. The van der Waals surface area contributed by atoms with E-state index in [1.165, 1.54) is 6.07 Å². The zero-order chi connectivity index (χ0) is 27.4. The number of Topliss-reactive ketones (excluding diaryl/α,β-unsaturated/α-hetero) is 1. The van der Waals surface area contributed by atoms with Gasteiger partial charge >= 0.3 is 0 Å². The number of amides is 1. The van der Waals surface area contributed by atoms with E-state index in [-0.39, 0.29) is 29.1 Å². The predicted molar refractivity (Wildman–Crippen MR) is 141 cm³/mol. The molecule has 2 atom stereocenters. The van der Waals surface area contributed by atoms with E-state index < -0.39 is 17.3 Å². The Balaban J connectivity index is 1.45. The molecule has 1 aliphatic carbocycles. The molecule has 0 bridgehead atoms. The van der Waals surface area contributed by atoms with Gasteiger partial charge in [0.15, 0.2) is 5.78 Å². The minimum Gasteiger partial charge on any atom is -0.383 e. The van der Waals surface area contributed by atoms with Crippen LogP contribution in [0, 0.1) is 24.6 Å². The number of fused-ring (bicyclic) bond motifs is 1. The minimum absolute atomic E-state index is 0.109. The van der Waals surface area contributed by atoms with Gasteiger partial charge in [0.1, 0.15) is 5.82 Å². The first-order valence-corrected chi connectivity index (χ1v) is 13.1. The summed E-state index contributed by atoms with van der Waals surface area (Å²) < 4.78 is 46.7. The number of nitrogens with zero attached hydrogens (tertiary/aromatic N) is 1. The van der Waals surface area contributed by atoms with Crippen molar-refractivity contribution in [2.45, 2.75) is 45.5 Å². The molecule has 2 aromatic rings. The zero-order valence-corrected chi connectivity index (χ0v) is 22.2. The Morgan fingerprint density at radius 1 is 1.16 bits per heavy atom. The van der Waals surface area contributed by atoms with Gasteiger partial charge in [-0.1, -0.05) is 24.6 Å². The molecule has 0 saturated heterocycles. The van der Waals surface area contributed by atoms with Crippen molar-refractivity contribution in [3.8, 4) is 0 Å². The lowest BCUT2D eigenvalue weighted by Crippen LogP contribution is -2.41. The van der Waals surface area contributed by atoms with Gasteiger partial charge in [-0.25, -0.2) is 13.2 Å². The highest BCUT2D eigenvalue weighted by Crippen LogP contribution is 2.34. The molecule has 2 unspecified atom stereocenters. The van der Waals surface area contributed by atoms with Crippen LogP contribution in [0.25, 0.3) is 12.3 Å². The van der Waals surface area contributed by atoms with Crippen molar-refractivity contribution in [2.24, 2.45) is 11.8 Å². The number of nitrogens with one attached hydrogen (secondary N) is 1. The average Bonchev–Trinajstić information content (AvgIpc) is 2.88. The maximum Gasteiger partial charge on any atom is 0.270 e. The lowest BCUT2D eigenvalue weighted by Gasteiger charge is -2.33. The van der Waals surface area contributed by atoms with Gasteiger partial charge in [-0.05, 0) is 61.1 Å². The summed E-state index contributed by atoms with van der Waals surface area (Å²) in [5.41, 5.74) is 0.994. The number of carbonyl (C=O) groups is 2. The van der Waals surface area contributed by atoms with Gasteiger partial charge in [-0.3, -0.25) is 9.59 Å². The van der Waals surface area contributed by atoms with E-state index in [0.29, 0.717) is 38.5 Å². The van der Waals surface area contributed by atoms with Crippen LogP contribution in [0.4, 0.5) is 13.2 Å². The van der Waals surface area contributed by atoms with Crippen molar-refractivity contribution in [3.05, 3.63) is 68.8 Å². The number of hydrogen-bond acceptors (Lipinski definition) is 4. The van der Waals surface area contributed by atoms with Gasteiger partial charge in [0.25, 0.3) is 11.8 Å². The van der Waals surface area contributed by atoms with Gasteiger partial charge < -0.3 is 15.0 Å². The van der Waals surface area contributed by atoms with E-state index in [9.17, 15) is 22.8 Å². The topological polar surface area (TPSA) is 58.6 Å². The fourth-order valence-electron chi connectivity index (χ4n) is 5.52. The van der Waals surface area contributed by atoms with E-state index in [0.717, 1.165) is 54.1 Å². The molecule has 1 heterocycles. The Morgan fingerprint density at radius 3 is 2.63 bits per heavy atom. The van der Waals surface area contributed by atoms with E-state index in [2.05, 4.69) is 22.5 Å². The highest BCUT2D eigenvalue weighted by molar-refractivity contribution is 5.98. The summed E-state index contributed by atoms with van der Waals surface area (Å²) in [5.74, 6) is -4.58. The summed E-state index contributed by atoms with van der Waals surface area (Å²) in [7, 11) is 1.59. The number of alkyl halides is 2. The van der Waals surface area contributed by atoms with Crippen LogP contribution in [0.15, 0.2) is 30.3 Å². The Kier molecular flexibility index (Phi) is 8.61. The minimum atomic E-state index is -3.16. The Bertz CT molecular complexity index is 1320. The molecule has 1 amide bonds. The van der Waals surface area contributed by atoms with Crippen molar-refractivity contribution in [1.82, 2.24) is 10.2 Å². The first-order chi connectivity index (χ1) is 18.1. The van der Waals surface area contributed by atoms with Crippen molar-refractivity contribution < 1.29 is 27.5 Å². The van der Waals surface area contributed by atoms with Gasteiger partial charge in [-0.2, -0.15) is 0 Å². The number of hydrogen-bond donors (Lipinski definition) is 1. The number of ether oxygens (including phenoxy) is 1. The molecule has 0 spiro atoms. The highest BCUT2D eigenvalue weighted by atomic mass is 19.3. The third-order valence-corrected chi connectivity index (χ3v) is 7.63. The summed E-state index contributed by atoms with van der Waals surface area (Å²) in [6, 6.07) is 6.93. The van der Waals surface area contributed by atoms with Crippen LogP contribution in [0.2, 0.25) is 0 Å². The van der Waals surface area contributed by atoms with E-state index in [4.69, 9.17) is 4.74 Å². The highest BCUT2D eigenvalue weighted by Gasteiger charge is 2.32. The average molecular weight is 529 g/mol. The number of ketones is 1. The summed E-state index contributed by atoms with van der Waals surface area (Å²) >= 11 is 0. The fourth-order valence-corrected chi connectivity index (χ4v) is 5.52. The molecule has 0 aromatic heterocycles. The first kappa shape index (κ1) is 27.9. The maximum absolute atomic E-state index is 14.6. The van der Waals surface area contributed by atoms with Crippen LogP contribution >= 0.6 is 0 Å². The van der Waals surface area contributed by atoms with Crippen LogP contribution in [0.5, 0.6) is 0 Å². The lowest BCUT2D eigenvalue weighted by molar-refractivity contribution is 0.0171. The monoisotopic (exact) mass is 528 g/mol. The van der Waals surface area contributed by atoms with Crippen molar-refractivity contribution >= 4 is 24.0 Å². The van der Waals surface area contributed by atoms with E-state index >= 15 is 0 Å². The Hall–Kier alpha value is -3.13. The molecule has 2 aromatic carbocycles. The molecule has 1 N–H and O–H groups in total. The molecule has 2 aliphatic rings. The summed E-state index contributed by atoms with van der Waals surface area (Å²) in [6.07, 6.45) is 7.34. The number of methoxy groups -OCH3 is 1. The second-order valence-electron chi connectivity index (χ2n) is 10.5. The Labute approximate surface area is 221 Å². The molecule has 4 rings (SSSR count). The van der Waals surface area contributed by atoms with Gasteiger partial charge in [-0.15, -0.1) is 0 Å². The molecule has 8 heteroatoms.